The molecule has 6 heteroatoms. The highest BCUT2D eigenvalue weighted by Crippen LogP contribution is 2.23. The summed E-state index contributed by atoms with van der Waals surface area (Å²) in [6.07, 6.45) is 0. The van der Waals surface area contributed by atoms with Crippen molar-refractivity contribution in [1.82, 2.24) is 5.32 Å². The Labute approximate surface area is 120 Å². The van der Waals surface area contributed by atoms with Crippen molar-refractivity contribution in [3.05, 3.63) is 28.2 Å². The van der Waals surface area contributed by atoms with Crippen molar-refractivity contribution >= 4 is 33.6 Å². The molecule has 1 aromatic carbocycles. The molecule has 0 aliphatic heterocycles. The van der Waals surface area contributed by atoms with Crippen molar-refractivity contribution in [1.29, 1.82) is 0 Å². The van der Waals surface area contributed by atoms with Gasteiger partial charge in [0.05, 0.1) is 5.69 Å². The van der Waals surface area contributed by atoms with Crippen LogP contribution in [0, 0.1) is 12.8 Å². The number of hydrogen-bond donors (Lipinski definition) is 3. The number of halogens is 1. The highest BCUT2D eigenvalue weighted by Gasteiger charge is 2.23. The number of carboxylic acid groups (broad SMARTS) is 1. The predicted octanol–water partition coefficient (Wildman–Crippen LogP) is 2.99. The molecular weight excluding hydrogens is 312 g/mol. The van der Waals surface area contributed by atoms with Crippen LogP contribution >= 0.6 is 15.9 Å². The van der Waals surface area contributed by atoms with E-state index in [0.717, 1.165) is 10.0 Å². The molecule has 5 nitrogen and oxygen atoms in total. The van der Waals surface area contributed by atoms with Crippen LogP contribution < -0.4 is 10.6 Å². The molecule has 2 amide bonds. The number of amides is 2. The van der Waals surface area contributed by atoms with Gasteiger partial charge in [0.15, 0.2) is 0 Å². The van der Waals surface area contributed by atoms with Crippen LogP contribution in [0.15, 0.2) is 22.7 Å². The minimum absolute atomic E-state index is 0.190. The summed E-state index contributed by atoms with van der Waals surface area (Å²) in [5, 5.41) is 14.1. The molecule has 0 aliphatic rings. The fraction of sp³-hybridized carbons (Fsp3) is 0.385. The number of anilines is 1. The standard InChI is InChI=1S/C13H17BrN2O3/c1-7(2)11(12(17)18)16-13(19)15-10-5-4-8(3)6-9(10)14/h4-7,11H,1-3H3,(H,17,18)(H2,15,16,19)/t11-/m1/s1. The molecule has 0 aromatic heterocycles. The minimum Gasteiger partial charge on any atom is -0.480 e. The average molecular weight is 329 g/mol. The van der Waals surface area contributed by atoms with Crippen LogP contribution in [0.1, 0.15) is 19.4 Å². The zero-order valence-corrected chi connectivity index (χ0v) is 12.6. The average Bonchev–Trinajstić information content (AvgIpc) is 2.29. The fourth-order valence-electron chi connectivity index (χ4n) is 1.53. The van der Waals surface area contributed by atoms with Gasteiger partial charge in [-0.05, 0) is 46.5 Å². The Kier molecular flexibility index (Phi) is 5.35. The third kappa shape index (κ3) is 4.55. The molecular formula is C13H17BrN2O3. The van der Waals surface area contributed by atoms with E-state index in [1.807, 2.05) is 19.1 Å². The van der Waals surface area contributed by atoms with Gasteiger partial charge in [-0.2, -0.15) is 0 Å². The molecule has 3 N–H and O–H groups in total. The van der Waals surface area contributed by atoms with Crippen molar-refractivity contribution in [3.63, 3.8) is 0 Å². The number of rotatable bonds is 4. The van der Waals surface area contributed by atoms with Gasteiger partial charge in [0.1, 0.15) is 6.04 Å². The van der Waals surface area contributed by atoms with Gasteiger partial charge >= 0.3 is 12.0 Å². The lowest BCUT2D eigenvalue weighted by Gasteiger charge is -2.18. The van der Waals surface area contributed by atoms with Gasteiger partial charge in [0, 0.05) is 4.47 Å². The summed E-state index contributed by atoms with van der Waals surface area (Å²) in [5.41, 5.74) is 1.65. The number of urea groups is 1. The Bertz CT molecular complexity index is 489. The summed E-state index contributed by atoms with van der Waals surface area (Å²) >= 11 is 3.34. The van der Waals surface area contributed by atoms with Crippen LogP contribution in [0.5, 0.6) is 0 Å². The molecule has 1 atom stereocenters. The van der Waals surface area contributed by atoms with E-state index in [1.54, 1.807) is 19.9 Å². The van der Waals surface area contributed by atoms with Gasteiger partial charge in [-0.1, -0.05) is 19.9 Å². The van der Waals surface area contributed by atoms with Crippen LogP contribution in [0.4, 0.5) is 10.5 Å². The number of carbonyl (C=O) groups is 2. The van der Waals surface area contributed by atoms with Gasteiger partial charge < -0.3 is 15.7 Å². The molecule has 0 bridgehead atoms. The number of benzene rings is 1. The van der Waals surface area contributed by atoms with E-state index in [4.69, 9.17) is 5.11 Å². The molecule has 104 valence electrons. The van der Waals surface area contributed by atoms with E-state index in [0.29, 0.717) is 5.69 Å². The molecule has 0 saturated carbocycles. The quantitative estimate of drug-likeness (QED) is 0.795. The smallest absolute Gasteiger partial charge is 0.326 e. The Morgan fingerprint density at radius 2 is 1.95 bits per heavy atom. The highest BCUT2D eigenvalue weighted by atomic mass is 79.9. The van der Waals surface area contributed by atoms with Gasteiger partial charge in [-0.25, -0.2) is 9.59 Å². The maximum atomic E-state index is 11.8. The number of hydrogen-bond acceptors (Lipinski definition) is 2. The van der Waals surface area contributed by atoms with Crippen LogP contribution in [-0.2, 0) is 4.79 Å². The first-order chi connectivity index (χ1) is 8.81. The number of carbonyl (C=O) groups excluding carboxylic acids is 1. The molecule has 0 fully saturated rings. The van der Waals surface area contributed by atoms with Crippen LogP contribution in [-0.4, -0.2) is 23.1 Å². The molecule has 0 radical (unpaired) electrons. The largest absolute Gasteiger partial charge is 0.480 e. The Balaban J connectivity index is 2.72. The van der Waals surface area contributed by atoms with Gasteiger partial charge in [-0.3, -0.25) is 0 Å². The zero-order valence-electron chi connectivity index (χ0n) is 11.0. The van der Waals surface area contributed by atoms with Gasteiger partial charge in [0.2, 0.25) is 0 Å². The molecule has 0 unspecified atom stereocenters. The van der Waals surface area contributed by atoms with Crippen molar-refractivity contribution < 1.29 is 14.7 Å². The Hall–Kier alpha value is -1.56. The lowest BCUT2D eigenvalue weighted by molar-refractivity contribution is -0.140. The molecule has 0 spiro atoms. The fourth-order valence-corrected chi connectivity index (χ4v) is 2.13. The predicted molar refractivity (Wildman–Crippen MR) is 77.3 cm³/mol. The number of carboxylic acids is 1. The second-order valence-corrected chi connectivity index (χ2v) is 5.50. The maximum absolute atomic E-state index is 11.8. The second kappa shape index (κ2) is 6.56. The van der Waals surface area contributed by atoms with Crippen molar-refractivity contribution in [2.75, 3.05) is 5.32 Å². The third-order valence-corrected chi connectivity index (χ3v) is 3.25. The van der Waals surface area contributed by atoms with Gasteiger partial charge in [-0.15, -0.1) is 0 Å². The lowest BCUT2D eigenvalue weighted by atomic mass is 10.1. The minimum atomic E-state index is -1.05. The zero-order chi connectivity index (χ0) is 14.6. The van der Waals surface area contributed by atoms with E-state index in [-0.39, 0.29) is 5.92 Å². The second-order valence-electron chi connectivity index (χ2n) is 4.64. The first-order valence-corrected chi connectivity index (χ1v) is 6.67. The van der Waals surface area contributed by atoms with Crippen molar-refractivity contribution in [2.24, 2.45) is 5.92 Å². The van der Waals surface area contributed by atoms with Crippen LogP contribution in [0.3, 0.4) is 0 Å². The summed E-state index contributed by atoms with van der Waals surface area (Å²) in [7, 11) is 0. The summed E-state index contributed by atoms with van der Waals surface area (Å²) in [6.45, 7) is 5.41. The molecule has 0 heterocycles. The Morgan fingerprint density at radius 3 is 2.42 bits per heavy atom. The summed E-state index contributed by atoms with van der Waals surface area (Å²) in [6, 6.07) is 4.03. The highest BCUT2D eigenvalue weighted by molar-refractivity contribution is 9.10. The third-order valence-electron chi connectivity index (χ3n) is 2.59. The van der Waals surface area contributed by atoms with E-state index < -0.39 is 18.0 Å². The molecule has 0 aliphatic carbocycles. The van der Waals surface area contributed by atoms with Crippen molar-refractivity contribution in [3.8, 4) is 0 Å². The van der Waals surface area contributed by atoms with Crippen molar-refractivity contribution in [2.45, 2.75) is 26.8 Å². The van der Waals surface area contributed by atoms with E-state index in [1.165, 1.54) is 0 Å². The normalized spacial score (nSPS) is 12.1. The monoisotopic (exact) mass is 328 g/mol. The molecule has 0 saturated heterocycles. The molecule has 1 aromatic rings. The number of aliphatic carboxylic acids is 1. The van der Waals surface area contributed by atoms with Gasteiger partial charge in [0.25, 0.3) is 0 Å². The SMILES string of the molecule is Cc1ccc(NC(=O)N[C@@H](C(=O)O)C(C)C)c(Br)c1. The van der Waals surface area contributed by atoms with Crippen LogP contribution in [0.25, 0.3) is 0 Å². The topological polar surface area (TPSA) is 78.4 Å². The molecule has 1 rings (SSSR count). The number of aryl methyl sites for hydroxylation is 1. The summed E-state index contributed by atoms with van der Waals surface area (Å²) in [5.74, 6) is -1.24. The number of nitrogens with one attached hydrogen (secondary N) is 2. The maximum Gasteiger partial charge on any atom is 0.326 e. The van der Waals surface area contributed by atoms with E-state index in [9.17, 15) is 9.59 Å². The first-order valence-electron chi connectivity index (χ1n) is 5.87. The van der Waals surface area contributed by atoms with E-state index in [2.05, 4.69) is 26.6 Å². The molecule has 19 heavy (non-hydrogen) atoms. The summed E-state index contributed by atoms with van der Waals surface area (Å²) in [4.78, 5) is 22.8. The van der Waals surface area contributed by atoms with E-state index >= 15 is 0 Å². The Morgan fingerprint density at radius 1 is 1.32 bits per heavy atom. The van der Waals surface area contributed by atoms with Crippen LogP contribution in [0.2, 0.25) is 0 Å². The first kappa shape index (κ1) is 15.5. The lowest BCUT2D eigenvalue weighted by Crippen LogP contribution is -2.46. The summed E-state index contributed by atoms with van der Waals surface area (Å²) < 4.78 is 0.749.